The van der Waals surface area contributed by atoms with Gasteiger partial charge in [0.1, 0.15) is 5.75 Å². The van der Waals surface area contributed by atoms with Gasteiger partial charge in [0.25, 0.3) is 0 Å². The van der Waals surface area contributed by atoms with Crippen molar-refractivity contribution in [1.29, 1.82) is 0 Å². The Labute approximate surface area is 99.8 Å². The Morgan fingerprint density at radius 3 is 3.00 bits per heavy atom. The fourth-order valence-corrected chi connectivity index (χ4v) is 2.94. The van der Waals surface area contributed by atoms with Crippen LogP contribution in [0.5, 0.6) is 5.75 Å². The van der Waals surface area contributed by atoms with Crippen LogP contribution in [-0.4, -0.2) is 23.8 Å². The Morgan fingerprint density at radius 1 is 1.53 bits per heavy atom. The largest absolute Gasteiger partial charge is 0.497 e. The van der Waals surface area contributed by atoms with Crippen LogP contribution in [0.25, 0.3) is 0 Å². The maximum absolute atomic E-state index is 11.9. The summed E-state index contributed by atoms with van der Waals surface area (Å²) in [5, 5.41) is 10.6. The predicted octanol–water partition coefficient (Wildman–Crippen LogP) is 1.63. The first-order chi connectivity index (χ1) is 8.08. The average molecular weight is 233 g/mol. The molecule has 1 aromatic rings. The van der Waals surface area contributed by atoms with Gasteiger partial charge in [-0.1, -0.05) is 6.92 Å². The van der Waals surface area contributed by atoms with Crippen LogP contribution in [0, 0.1) is 0 Å². The van der Waals surface area contributed by atoms with Gasteiger partial charge in [0.15, 0.2) is 5.72 Å². The van der Waals surface area contributed by atoms with Crippen LogP contribution in [-0.2, 0) is 4.79 Å². The number of carbonyl (C=O) groups is 1. The third-order valence-corrected chi connectivity index (χ3v) is 3.98. The molecular formula is C13H15NO3. The van der Waals surface area contributed by atoms with Crippen LogP contribution < -0.4 is 9.64 Å². The van der Waals surface area contributed by atoms with E-state index in [1.165, 1.54) is 0 Å². The zero-order valence-corrected chi connectivity index (χ0v) is 9.93. The molecule has 1 amide bonds. The lowest BCUT2D eigenvalue weighted by Gasteiger charge is -2.29. The smallest absolute Gasteiger partial charge is 0.229 e. The van der Waals surface area contributed by atoms with Crippen molar-refractivity contribution in [3.8, 4) is 5.75 Å². The maximum atomic E-state index is 11.9. The van der Waals surface area contributed by atoms with Crippen molar-refractivity contribution in [2.75, 3.05) is 12.0 Å². The molecule has 1 saturated heterocycles. The van der Waals surface area contributed by atoms with Gasteiger partial charge in [-0.3, -0.25) is 9.69 Å². The van der Waals surface area contributed by atoms with Gasteiger partial charge in [-0.15, -0.1) is 0 Å². The summed E-state index contributed by atoms with van der Waals surface area (Å²) in [4.78, 5) is 13.4. The standard InChI is InChI=1S/C13H15NO3/c1-8-10-7-9(17-2)3-4-11(10)14-12(15)5-6-13(8,14)16/h3-4,7-8,16H,5-6H2,1-2H3/t8-,13-/m1/s1. The number of methoxy groups -OCH3 is 1. The topological polar surface area (TPSA) is 49.8 Å². The highest BCUT2D eigenvalue weighted by Gasteiger charge is 2.54. The highest BCUT2D eigenvalue weighted by molar-refractivity contribution is 6.00. The SMILES string of the molecule is COc1ccc2c(c1)[C@@H](C)[C@]1(O)CCC(=O)N21. The quantitative estimate of drug-likeness (QED) is 0.802. The number of benzene rings is 1. The van der Waals surface area contributed by atoms with Crippen LogP contribution in [0.3, 0.4) is 0 Å². The summed E-state index contributed by atoms with van der Waals surface area (Å²) >= 11 is 0. The monoisotopic (exact) mass is 233 g/mol. The lowest BCUT2D eigenvalue weighted by Crippen LogP contribution is -2.44. The van der Waals surface area contributed by atoms with E-state index in [1.807, 2.05) is 25.1 Å². The van der Waals surface area contributed by atoms with Gasteiger partial charge in [0, 0.05) is 18.8 Å². The molecule has 90 valence electrons. The number of aliphatic hydroxyl groups is 1. The van der Waals surface area contributed by atoms with Crippen LogP contribution in [0.15, 0.2) is 18.2 Å². The molecule has 0 bridgehead atoms. The summed E-state index contributed by atoms with van der Waals surface area (Å²) in [6.07, 6.45) is 0.927. The minimum atomic E-state index is -1.04. The minimum Gasteiger partial charge on any atom is -0.497 e. The minimum absolute atomic E-state index is 0.00302. The molecule has 1 fully saturated rings. The summed E-state index contributed by atoms with van der Waals surface area (Å²) in [6.45, 7) is 1.96. The van der Waals surface area contributed by atoms with Crippen LogP contribution in [0.2, 0.25) is 0 Å². The molecule has 2 aliphatic heterocycles. The van der Waals surface area contributed by atoms with Crippen molar-refractivity contribution in [2.24, 2.45) is 0 Å². The number of nitrogens with zero attached hydrogens (tertiary/aromatic N) is 1. The lowest BCUT2D eigenvalue weighted by atomic mass is 9.92. The number of hydrogen-bond acceptors (Lipinski definition) is 3. The summed E-state index contributed by atoms with van der Waals surface area (Å²) < 4.78 is 5.18. The molecule has 1 aromatic carbocycles. The fourth-order valence-electron chi connectivity index (χ4n) is 2.94. The molecule has 0 aliphatic carbocycles. The molecule has 3 rings (SSSR count). The fraction of sp³-hybridized carbons (Fsp3) is 0.462. The third kappa shape index (κ3) is 1.19. The van der Waals surface area contributed by atoms with Gasteiger partial charge in [0.05, 0.1) is 12.8 Å². The Balaban J connectivity index is 2.17. The van der Waals surface area contributed by atoms with Crippen molar-refractivity contribution in [2.45, 2.75) is 31.4 Å². The zero-order chi connectivity index (χ0) is 12.2. The van der Waals surface area contributed by atoms with E-state index < -0.39 is 5.72 Å². The summed E-state index contributed by atoms with van der Waals surface area (Å²) in [5.74, 6) is 0.690. The first-order valence-electron chi connectivity index (χ1n) is 5.81. The van der Waals surface area contributed by atoms with Crippen molar-refractivity contribution in [3.63, 3.8) is 0 Å². The molecule has 2 heterocycles. The predicted molar refractivity (Wildman–Crippen MR) is 63.1 cm³/mol. The molecule has 0 saturated carbocycles. The molecule has 17 heavy (non-hydrogen) atoms. The van der Waals surface area contributed by atoms with Crippen LogP contribution in [0.1, 0.15) is 31.2 Å². The maximum Gasteiger partial charge on any atom is 0.229 e. The Kier molecular flexibility index (Phi) is 2.01. The Bertz CT molecular complexity index is 499. The average Bonchev–Trinajstić information content (AvgIpc) is 2.75. The number of ether oxygens (including phenoxy) is 1. The third-order valence-electron chi connectivity index (χ3n) is 3.98. The number of hydrogen-bond donors (Lipinski definition) is 1. The van der Waals surface area contributed by atoms with E-state index in [1.54, 1.807) is 12.0 Å². The second-order valence-corrected chi connectivity index (χ2v) is 4.75. The summed E-state index contributed by atoms with van der Waals surface area (Å²) in [7, 11) is 1.61. The van der Waals surface area contributed by atoms with E-state index in [0.29, 0.717) is 12.8 Å². The molecule has 1 N–H and O–H groups in total. The van der Waals surface area contributed by atoms with Crippen molar-refractivity contribution >= 4 is 11.6 Å². The normalized spacial score (nSPS) is 30.4. The number of fused-ring (bicyclic) bond motifs is 3. The molecule has 4 heteroatoms. The van der Waals surface area contributed by atoms with Gasteiger partial charge in [-0.25, -0.2) is 0 Å². The van der Waals surface area contributed by atoms with E-state index in [9.17, 15) is 9.90 Å². The Hall–Kier alpha value is -1.55. The summed E-state index contributed by atoms with van der Waals surface area (Å²) in [6, 6.07) is 5.58. The van der Waals surface area contributed by atoms with E-state index >= 15 is 0 Å². The van der Waals surface area contributed by atoms with Crippen LogP contribution >= 0.6 is 0 Å². The van der Waals surface area contributed by atoms with E-state index in [2.05, 4.69) is 0 Å². The van der Waals surface area contributed by atoms with Crippen molar-refractivity contribution in [3.05, 3.63) is 23.8 Å². The van der Waals surface area contributed by atoms with Gasteiger partial charge >= 0.3 is 0 Å². The second-order valence-electron chi connectivity index (χ2n) is 4.75. The molecule has 0 aromatic heterocycles. The Morgan fingerprint density at radius 2 is 2.29 bits per heavy atom. The highest BCUT2D eigenvalue weighted by Crippen LogP contribution is 2.52. The van der Waals surface area contributed by atoms with Crippen molar-refractivity contribution in [1.82, 2.24) is 0 Å². The molecule has 0 radical (unpaired) electrons. The van der Waals surface area contributed by atoms with Gasteiger partial charge in [-0.05, 0) is 23.8 Å². The van der Waals surface area contributed by atoms with Gasteiger partial charge in [-0.2, -0.15) is 0 Å². The lowest BCUT2D eigenvalue weighted by molar-refractivity contribution is -0.118. The first kappa shape index (κ1) is 10.6. The van der Waals surface area contributed by atoms with E-state index in [0.717, 1.165) is 17.0 Å². The first-order valence-corrected chi connectivity index (χ1v) is 5.81. The van der Waals surface area contributed by atoms with Gasteiger partial charge in [0.2, 0.25) is 5.91 Å². The second kappa shape index (κ2) is 3.23. The highest BCUT2D eigenvalue weighted by atomic mass is 16.5. The zero-order valence-electron chi connectivity index (χ0n) is 9.93. The molecular weight excluding hydrogens is 218 g/mol. The number of rotatable bonds is 1. The summed E-state index contributed by atoms with van der Waals surface area (Å²) in [5.41, 5.74) is 0.773. The molecule has 0 unspecified atom stereocenters. The number of carbonyl (C=O) groups excluding carboxylic acids is 1. The van der Waals surface area contributed by atoms with Gasteiger partial charge < -0.3 is 9.84 Å². The van der Waals surface area contributed by atoms with Crippen LogP contribution in [0.4, 0.5) is 5.69 Å². The van der Waals surface area contributed by atoms with E-state index in [4.69, 9.17) is 4.74 Å². The number of amides is 1. The molecule has 2 aliphatic rings. The molecule has 0 spiro atoms. The molecule has 4 nitrogen and oxygen atoms in total. The van der Waals surface area contributed by atoms with E-state index in [-0.39, 0.29) is 11.8 Å². The molecule has 2 atom stereocenters. The van der Waals surface area contributed by atoms with Crippen molar-refractivity contribution < 1.29 is 14.6 Å². The number of anilines is 1.